The van der Waals surface area contributed by atoms with E-state index in [2.05, 4.69) is 9.97 Å². The van der Waals surface area contributed by atoms with Crippen LogP contribution < -0.4 is 9.64 Å². The van der Waals surface area contributed by atoms with Gasteiger partial charge in [-0.3, -0.25) is 0 Å². The molecule has 2 rings (SSSR count). The van der Waals surface area contributed by atoms with E-state index in [9.17, 15) is 9.90 Å². The second-order valence-corrected chi connectivity index (χ2v) is 4.17. The number of ether oxygens (including phenoxy) is 2. The predicted molar refractivity (Wildman–Crippen MR) is 67.5 cm³/mol. The minimum atomic E-state index is -0.922. The molecule has 0 bridgehead atoms. The number of aromatic nitrogens is 2. The molecule has 1 aliphatic heterocycles. The standard InChI is InChI=1S/C12H17N3O4/c1-3-19-11-6-10(13-8(2)14-11)15-4-5-18-7-9(15)12(16)17/h6,9H,3-5,7H2,1-2H3,(H,16,17). The summed E-state index contributed by atoms with van der Waals surface area (Å²) in [5, 5.41) is 9.22. The quantitative estimate of drug-likeness (QED) is 0.848. The smallest absolute Gasteiger partial charge is 0.328 e. The molecule has 0 spiro atoms. The van der Waals surface area contributed by atoms with Crippen molar-refractivity contribution in [1.82, 2.24) is 9.97 Å². The van der Waals surface area contributed by atoms with E-state index >= 15 is 0 Å². The number of carbonyl (C=O) groups is 1. The van der Waals surface area contributed by atoms with E-state index in [1.165, 1.54) is 0 Å². The Hall–Kier alpha value is -1.89. The molecule has 0 aromatic carbocycles. The van der Waals surface area contributed by atoms with E-state index in [0.29, 0.717) is 37.3 Å². The third-order valence-corrected chi connectivity index (χ3v) is 2.80. The molecule has 1 aromatic rings. The van der Waals surface area contributed by atoms with Crippen LogP contribution in [0.15, 0.2) is 6.07 Å². The van der Waals surface area contributed by atoms with Gasteiger partial charge in [0.1, 0.15) is 11.6 Å². The summed E-state index contributed by atoms with van der Waals surface area (Å²) in [6, 6.07) is 0.940. The highest BCUT2D eigenvalue weighted by atomic mass is 16.5. The molecule has 7 heteroatoms. The van der Waals surface area contributed by atoms with Crippen LogP contribution in [0.2, 0.25) is 0 Å². The number of aryl methyl sites for hydroxylation is 1. The van der Waals surface area contributed by atoms with Crippen molar-refractivity contribution in [2.24, 2.45) is 0 Å². The first-order valence-electron chi connectivity index (χ1n) is 6.17. The van der Waals surface area contributed by atoms with Crippen LogP contribution in [0.1, 0.15) is 12.7 Å². The number of hydrogen-bond acceptors (Lipinski definition) is 6. The highest BCUT2D eigenvalue weighted by Gasteiger charge is 2.30. The summed E-state index contributed by atoms with van der Waals surface area (Å²) in [4.78, 5) is 21.4. The lowest BCUT2D eigenvalue weighted by Crippen LogP contribution is -2.50. The Morgan fingerprint density at radius 3 is 3.11 bits per heavy atom. The Kier molecular flexibility index (Phi) is 4.16. The lowest BCUT2D eigenvalue weighted by molar-refractivity contribution is -0.141. The van der Waals surface area contributed by atoms with E-state index in [0.717, 1.165) is 0 Å². The summed E-state index contributed by atoms with van der Waals surface area (Å²) in [5.41, 5.74) is 0. The number of carboxylic acid groups (broad SMARTS) is 1. The number of morpholine rings is 1. The summed E-state index contributed by atoms with van der Waals surface area (Å²) in [5.74, 6) is 0.651. The van der Waals surface area contributed by atoms with Gasteiger partial charge in [0.05, 0.1) is 19.8 Å². The van der Waals surface area contributed by atoms with Gasteiger partial charge < -0.3 is 19.5 Å². The number of hydrogen-bond donors (Lipinski definition) is 1. The van der Waals surface area contributed by atoms with Crippen LogP contribution in [-0.2, 0) is 9.53 Å². The number of aliphatic carboxylic acids is 1. The summed E-state index contributed by atoms with van der Waals surface area (Å²) in [7, 11) is 0. The lowest BCUT2D eigenvalue weighted by atomic mass is 10.2. The van der Waals surface area contributed by atoms with Crippen LogP contribution >= 0.6 is 0 Å². The topological polar surface area (TPSA) is 84.8 Å². The number of rotatable bonds is 4. The fraction of sp³-hybridized carbons (Fsp3) is 0.583. The number of carboxylic acids is 1. The van der Waals surface area contributed by atoms with Crippen LogP contribution in [0.4, 0.5) is 5.82 Å². The molecule has 1 atom stereocenters. The Labute approximate surface area is 111 Å². The molecule has 104 valence electrons. The maximum atomic E-state index is 11.2. The molecule has 1 unspecified atom stereocenters. The summed E-state index contributed by atoms with van der Waals surface area (Å²) >= 11 is 0. The van der Waals surface area contributed by atoms with E-state index in [4.69, 9.17) is 9.47 Å². The van der Waals surface area contributed by atoms with Crippen LogP contribution in [0.5, 0.6) is 5.88 Å². The zero-order valence-corrected chi connectivity index (χ0v) is 11.0. The third-order valence-electron chi connectivity index (χ3n) is 2.80. The molecule has 0 amide bonds. The average molecular weight is 267 g/mol. The molecule has 19 heavy (non-hydrogen) atoms. The van der Waals surface area contributed by atoms with Crippen molar-refractivity contribution in [3.05, 3.63) is 11.9 Å². The zero-order valence-electron chi connectivity index (χ0n) is 11.0. The fourth-order valence-corrected chi connectivity index (χ4v) is 1.98. The Morgan fingerprint density at radius 2 is 2.42 bits per heavy atom. The van der Waals surface area contributed by atoms with Gasteiger partial charge in [0.2, 0.25) is 5.88 Å². The molecular weight excluding hydrogens is 250 g/mol. The van der Waals surface area contributed by atoms with Crippen molar-refractivity contribution in [3.8, 4) is 5.88 Å². The second kappa shape index (κ2) is 5.83. The van der Waals surface area contributed by atoms with Crippen molar-refractivity contribution >= 4 is 11.8 Å². The van der Waals surface area contributed by atoms with Gasteiger partial charge in [0.25, 0.3) is 0 Å². The largest absolute Gasteiger partial charge is 0.480 e. The Balaban J connectivity index is 2.30. The van der Waals surface area contributed by atoms with Gasteiger partial charge in [-0.05, 0) is 13.8 Å². The monoisotopic (exact) mass is 267 g/mol. The highest BCUT2D eigenvalue weighted by molar-refractivity contribution is 5.78. The minimum Gasteiger partial charge on any atom is -0.480 e. The molecule has 0 saturated carbocycles. The fourth-order valence-electron chi connectivity index (χ4n) is 1.98. The molecule has 7 nitrogen and oxygen atoms in total. The average Bonchev–Trinajstić information content (AvgIpc) is 2.38. The van der Waals surface area contributed by atoms with Gasteiger partial charge in [0, 0.05) is 12.6 Å². The van der Waals surface area contributed by atoms with Crippen LogP contribution in [0, 0.1) is 6.92 Å². The van der Waals surface area contributed by atoms with Crippen molar-refractivity contribution < 1.29 is 19.4 Å². The van der Waals surface area contributed by atoms with Gasteiger partial charge >= 0.3 is 5.97 Å². The molecule has 0 aliphatic carbocycles. The van der Waals surface area contributed by atoms with Crippen molar-refractivity contribution in [2.45, 2.75) is 19.9 Å². The van der Waals surface area contributed by atoms with Gasteiger partial charge in [-0.15, -0.1) is 0 Å². The molecule has 2 heterocycles. The van der Waals surface area contributed by atoms with Crippen molar-refractivity contribution in [2.75, 3.05) is 31.3 Å². The third kappa shape index (κ3) is 3.11. The van der Waals surface area contributed by atoms with Gasteiger partial charge in [-0.2, -0.15) is 4.98 Å². The number of nitrogens with zero attached hydrogens (tertiary/aromatic N) is 3. The first-order valence-corrected chi connectivity index (χ1v) is 6.17. The normalized spacial score (nSPS) is 19.3. The maximum Gasteiger partial charge on any atom is 0.328 e. The first kappa shape index (κ1) is 13.5. The number of anilines is 1. The molecule has 1 saturated heterocycles. The molecular formula is C12H17N3O4. The van der Waals surface area contributed by atoms with E-state index in [1.54, 1.807) is 17.9 Å². The van der Waals surface area contributed by atoms with Gasteiger partial charge in [-0.1, -0.05) is 0 Å². The van der Waals surface area contributed by atoms with E-state index < -0.39 is 12.0 Å². The van der Waals surface area contributed by atoms with Crippen molar-refractivity contribution in [3.63, 3.8) is 0 Å². The van der Waals surface area contributed by atoms with Gasteiger partial charge in [0.15, 0.2) is 6.04 Å². The van der Waals surface area contributed by atoms with Crippen LogP contribution in [-0.4, -0.2) is 53.5 Å². The summed E-state index contributed by atoms with van der Waals surface area (Å²) in [6.45, 7) is 5.24. The Morgan fingerprint density at radius 1 is 1.63 bits per heavy atom. The summed E-state index contributed by atoms with van der Waals surface area (Å²) in [6.07, 6.45) is 0. The molecule has 1 N–H and O–H groups in total. The molecule has 1 fully saturated rings. The minimum absolute atomic E-state index is 0.155. The molecule has 0 radical (unpaired) electrons. The summed E-state index contributed by atoms with van der Waals surface area (Å²) < 4.78 is 10.6. The maximum absolute atomic E-state index is 11.2. The lowest BCUT2D eigenvalue weighted by Gasteiger charge is -2.33. The predicted octanol–water partition coefficient (Wildman–Crippen LogP) is 0.474. The van der Waals surface area contributed by atoms with Crippen LogP contribution in [0.3, 0.4) is 0 Å². The van der Waals surface area contributed by atoms with Crippen molar-refractivity contribution in [1.29, 1.82) is 0 Å². The SMILES string of the molecule is CCOc1cc(N2CCOCC2C(=O)O)nc(C)n1. The first-order chi connectivity index (χ1) is 9.11. The van der Waals surface area contributed by atoms with Crippen LogP contribution in [0.25, 0.3) is 0 Å². The Bertz CT molecular complexity index is 466. The molecule has 1 aromatic heterocycles. The van der Waals surface area contributed by atoms with E-state index in [1.807, 2.05) is 6.92 Å². The molecule has 1 aliphatic rings. The van der Waals surface area contributed by atoms with Gasteiger partial charge in [-0.25, -0.2) is 9.78 Å². The zero-order chi connectivity index (χ0) is 13.8. The van der Waals surface area contributed by atoms with E-state index in [-0.39, 0.29) is 6.61 Å². The second-order valence-electron chi connectivity index (χ2n) is 4.17. The highest BCUT2D eigenvalue weighted by Crippen LogP contribution is 2.21.